The van der Waals surface area contributed by atoms with E-state index in [1.165, 1.54) is 0 Å². The standard InChI is InChI=1S/C13H26N2O2/c1-6-15(11(16)17-12(2,3)4)13(5)7-9-14-10-8-13/h14H,6-10H2,1-5H3. The Hall–Kier alpha value is -0.770. The summed E-state index contributed by atoms with van der Waals surface area (Å²) in [5, 5.41) is 3.33. The summed E-state index contributed by atoms with van der Waals surface area (Å²) in [7, 11) is 0. The van der Waals surface area contributed by atoms with Gasteiger partial charge in [0.25, 0.3) is 0 Å². The van der Waals surface area contributed by atoms with Crippen molar-refractivity contribution in [3.63, 3.8) is 0 Å². The van der Waals surface area contributed by atoms with E-state index in [-0.39, 0.29) is 11.6 Å². The third kappa shape index (κ3) is 3.87. The van der Waals surface area contributed by atoms with Gasteiger partial charge in [-0.1, -0.05) is 0 Å². The highest BCUT2D eigenvalue weighted by molar-refractivity contribution is 5.69. The zero-order valence-corrected chi connectivity index (χ0v) is 11.8. The minimum absolute atomic E-state index is 0.0671. The minimum Gasteiger partial charge on any atom is -0.444 e. The number of nitrogens with one attached hydrogen (secondary N) is 1. The molecule has 17 heavy (non-hydrogen) atoms. The van der Waals surface area contributed by atoms with E-state index in [0.29, 0.717) is 6.54 Å². The van der Waals surface area contributed by atoms with E-state index in [2.05, 4.69) is 12.2 Å². The first-order chi connectivity index (χ1) is 7.78. The van der Waals surface area contributed by atoms with E-state index in [4.69, 9.17) is 4.74 Å². The number of hydrogen-bond acceptors (Lipinski definition) is 3. The molecule has 4 heteroatoms. The molecule has 0 aromatic rings. The molecule has 0 aromatic heterocycles. The monoisotopic (exact) mass is 242 g/mol. The van der Waals surface area contributed by atoms with Crippen molar-refractivity contribution in [3.8, 4) is 0 Å². The van der Waals surface area contributed by atoms with Crippen molar-refractivity contribution in [1.82, 2.24) is 10.2 Å². The Morgan fingerprint density at radius 1 is 1.35 bits per heavy atom. The van der Waals surface area contributed by atoms with Gasteiger partial charge in [0.15, 0.2) is 0 Å². The lowest BCUT2D eigenvalue weighted by molar-refractivity contribution is -0.00503. The van der Waals surface area contributed by atoms with Crippen molar-refractivity contribution in [3.05, 3.63) is 0 Å². The van der Waals surface area contributed by atoms with Gasteiger partial charge in [0, 0.05) is 12.1 Å². The maximum Gasteiger partial charge on any atom is 0.410 e. The van der Waals surface area contributed by atoms with Crippen LogP contribution in [-0.4, -0.2) is 41.8 Å². The highest BCUT2D eigenvalue weighted by Crippen LogP contribution is 2.27. The van der Waals surface area contributed by atoms with Crippen LogP contribution in [0.25, 0.3) is 0 Å². The Labute approximate surface area is 105 Å². The number of carbonyl (C=O) groups is 1. The molecule has 1 fully saturated rings. The van der Waals surface area contributed by atoms with Crippen LogP contribution in [0.1, 0.15) is 47.5 Å². The first-order valence-electron chi connectivity index (χ1n) is 6.50. The van der Waals surface area contributed by atoms with Crippen molar-refractivity contribution in [2.45, 2.75) is 58.6 Å². The molecule has 1 aliphatic rings. The second kappa shape index (κ2) is 5.25. The Kier molecular flexibility index (Phi) is 4.42. The summed E-state index contributed by atoms with van der Waals surface area (Å²) >= 11 is 0. The van der Waals surface area contributed by atoms with Gasteiger partial charge < -0.3 is 15.0 Å². The predicted octanol–water partition coefficient (Wildman–Crippen LogP) is 2.39. The smallest absolute Gasteiger partial charge is 0.410 e. The molecule has 1 amide bonds. The lowest BCUT2D eigenvalue weighted by Crippen LogP contribution is -2.55. The third-order valence-electron chi connectivity index (χ3n) is 3.26. The van der Waals surface area contributed by atoms with Gasteiger partial charge in [0.05, 0.1) is 0 Å². The molecule has 1 N–H and O–H groups in total. The minimum atomic E-state index is -0.423. The summed E-state index contributed by atoms with van der Waals surface area (Å²) in [4.78, 5) is 14.1. The van der Waals surface area contributed by atoms with Crippen LogP contribution in [0, 0.1) is 0 Å². The summed E-state index contributed by atoms with van der Waals surface area (Å²) in [6.07, 6.45) is 1.78. The molecule has 0 unspecified atom stereocenters. The zero-order chi connectivity index (χ0) is 13.1. The highest BCUT2D eigenvalue weighted by atomic mass is 16.6. The van der Waals surface area contributed by atoms with Crippen molar-refractivity contribution in [2.24, 2.45) is 0 Å². The normalized spacial score (nSPS) is 19.8. The van der Waals surface area contributed by atoms with Crippen LogP contribution in [0.5, 0.6) is 0 Å². The largest absolute Gasteiger partial charge is 0.444 e. The number of ether oxygens (including phenoxy) is 1. The first-order valence-corrected chi connectivity index (χ1v) is 6.50. The third-order valence-corrected chi connectivity index (χ3v) is 3.26. The Morgan fingerprint density at radius 2 is 1.88 bits per heavy atom. The molecule has 0 spiro atoms. The molecule has 0 saturated carbocycles. The van der Waals surface area contributed by atoms with Crippen LogP contribution in [0.2, 0.25) is 0 Å². The van der Waals surface area contributed by atoms with Gasteiger partial charge in [-0.25, -0.2) is 4.79 Å². The van der Waals surface area contributed by atoms with E-state index in [1.807, 2.05) is 32.6 Å². The average Bonchev–Trinajstić information content (AvgIpc) is 2.16. The number of hydrogen-bond donors (Lipinski definition) is 1. The van der Waals surface area contributed by atoms with Gasteiger partial charge >= 0.3 is 6.09 Å². The fraction of sp³-hybridized carbons (Fsp3) is 0.923. The van der Waals surface area contributed by atoms with Gasteiger partial charge in [0.2, 0.25) is 0 Å². The average molecular weight is 242 g/mol. The zero-order valence-electron chi connectivity index (χ0n) is 11.8. The van der Waals surface area contributed by atoms with Crippen LogP contribution >= 0.6 is 0 Å². The van der Waals surface area contributed by atoms with Crippen LogP contribution in [0.3, 0.4) is 0 Å². The number of carbonyl (C=O) groups excluding carboxylic acids is 1. The molecule has 1 saturated heterocycles. The van der Waals surface area contributed by atoms with Crippen molar-refractivity contribution >= 4 is 6.09 Å². The fourth-order valence-electron chi connectivity index (χ4n) is 2.28. The number of piperidine rings is 1. The topological polar surface area (TPSA) is 41.6 Å². The lowest BCUT2D eigenvalue weighted by atomic mass is 9.89. The second-order valence-corrected chi connectivity index (χ2v) is 5.97. The molecule has 0 atom stereocenters. The van der Waals surface area contributed by atoms with Crippen LogP contribution < -0.4 is 5.32 Å². The SMILES string of the molecule is CCN(C(=O)OC(C)(C)C)C1(C)CCNCC1. The van der Waals surface area contributed by atoms with Gasteiger partial charge in [0.1, 0.15) is 5.60 Å². The number of amides is 1. The first kappa shape index (κ1) is 14.3. The van der Waals surface area contributed by atoms with E-state index in [1.54, 1.807) is 0 Å². The summed E-state index contributed by atoms with van der Waals surface area (Å²) in [5.74, 6) is 0. The quantitative estimate of drug-likeness (QED) is 0.808. The molecular weight excluding hydrogens is 216 g/mol. The van der Waals surface area contributed by atoms with Gasteiger partial charge in [-0.2, -0.15) is 0 Å². The molecule has 0 radical (unpaired) electrons. The molecule has 0 aliphatic carbocycles. The maximum atomic E-state index is 12.2. The van der Waals surface area contributed by atoms with Crippen LogP contribution in [-0.2, 0) is 4.74 Å². The molecule has 1 aliphatic heterocycles. The second-order valence-electron chi connectivity index (χ2n) is 5.97. The Balaban J connectivity index is 2.72. The highest BCUT2D eigenvalue weighted by Gasteiger charge is 2.37. The van der Waals surface area contributed by atoms with Crippen molar-refractivity contribution < 1.29 is 9.53 Å². The summed E-state index contributed by atoms with van der Waals surface area (Å²) in [6.45, 7) is 12.5. The summed E-state index contributed by atoms with van der Waals surface area (Å²) in [6, 6.07) is 0. The van der Waals surface area contributed by atoms with E-state index in [0.717, 1.165) is 25.9 Å². The molecule has 4 nitrogen and oxygen atoms in total. The van der Waals surface area contributed by atoms with Gasteiger partial charge in [-0.3, -0.25) is 0 Å². The lowest BCUT2D eigenvalue weighted by Gasteiger charge is -2.43. The molecule has 1 heterocycles. The number of rotatable bonds is 2. The van der Waals surface area contributed by atoms with E-state index in [9.17, 15) is 4.79 Å². The number of nitrogens with zero attached hydrogens (tertiary/aromatic N) is 1. The van der Waals surface area contributed by atoms with E-state index < -0.39 is 5.60 Å². The molecule has 100 valence electrons. The Bertz CT molecular complexity index is 265. The van der Waals surface area contributed by atoms with Crippen LogP contribution in [0.4, 0.5) is 4.79 Å². The molecule has 0 bridgehead atoms. The maximum absolute atomic E-state index is 12.2. The summed E-state index contributed by atoms with van der Waals surface area (Å²) in [5.41, 5.74) is -0.490. The molecular formula is C13H26N2O2. The van der Waals surface area contributed by atoms with Crippen molar-refractivity contribution in [1.29, 1.82) is 0 Å². The fourth-order valence-corrected chi connectivity index (χ4v) is 2.28. The van der Waals surface area contributed by atoms with Crippen LogP contribution in [0.15, 0.2) is 0 Å². The van der Waals surface area contributed by atoms with Gasteiger partial charge in [-0.15, -0.1) is 0 Å². The Morgan fingerprint density at radius 3 is 2.29 bits per heavy atom. The van der Waals surface area contributed by atoms with Gasteiger partial charge in [-0.05, 0) is 60.5 Å². The van der Waals surface area contributed by atoms with E-state index >= 15 is 0 Å². The molecule has 1 rings (SSSR count). The predicted molar refractivity (Wildman–Crippen MR) is 69.1 cm³/mol. The van der Waals surface area contributed by atoms with Crippen molar-refractivity contribution in [2.75, 3.05) is 19.6 Å². The molecule has 0 aromatic carbocycles. The summed E-state index contributed by atoms with van der Waals surface area (Å²) < 4.78 is 5.48.